The normalized spacial score (nSPS) is 12.3. The lowest BCUT2D eigenvalue weighted by molar-refractivity contribution is -0.128. The Morgan fingerprint density at radius 3 is 2.47 bits per heavy atom. The molecule has 0 bridgehead atoms. The monoisotopic (exact) mass is 441 g/mol. The molecule has 0 aliphatic heterocycles. The first-order valence-corrected chi connectivity index (χ1v) is 10.4. The van der Waals surface area contributed by atoms with E-state index in [-0.39, 0.29) is 12.1 Å². The summed E-state index contributed by atoms with van der Waals surface area (Å²) in [4.78, 5) is 45.0. The summed E-state index contributed by atoms with van der Waals surface area (Å²) in [6.45, 7) is 2.10. The quantitative estimate of drug-likeness (QED) is 0.282. The predicted molar refractivity (Wildman–Crippen MR) is 118 cm³/mol. The molecule has 2 aromatic rings. The van der Waals surface area contributed by atoms with E-state index in [1.807, 2.05) is 30.3 Å². The van der Waals surface area contributed by atoms with Crippen LogP contribution in [0.3, 0.4) is 0 Å². The molecule has 1 aromatic heterocycles. The van der Waals surface area contributed by atoms with Gasteiger partial charge >= 0.3 is 7.12 Å². The van der Waals surface area contributed by atoms with Crippen molar-refractivity contribution in [2.24, 2.45) is 0 Å². The molecule has 2 rings (SSSR count). The molecule has 0 radical (unpaired) electrons. The topological polar surface area (TPSA) is 154 Å². The lowest BCUT2D eigenvalue weighted by atomic mass is 9.76. The molecule has 11 heteroatoms. The van der Waals surface area contributed by atoms with Gasteiger partial charge in [-0.05, 0) is 31.7 Å². The van der Waals surface area contributed by atoms with Gasteiger partial charge in [-0.3, -0.25) is 19.4 Å². The highest BCUT2D eigenvalue weighted by Gasteiger charge is 2.30. The van der Waals surface area contributed by atoms with Gasteiger partial charge in [0.2, 0.25) is 11.8 Å². The molecule has 1 unspecified atom stereocenters. The second-order valence-electron chi connectivity index (χ2n) is 7.18. The molecule has 1 aromatic carbocycles. The van der Waals surface area contributed by atoms with Gasteiger partial charge in [-0.15, -0.1) is 0 Å². The molecule has 10 nitrogen and oxygen atoms in total. The van der Waals surface area contributed by atoms with Gasteiger partial charge in [0.05, 0.1) is 18.6 Å². The van der Waals surface area contributed by atoms with Crippen LogP contribution in [0, 0.1) is 0 Å². The van der Waals surface area contributed by atoms with Crippen LogP contribution in [0.5, 0.6) is 0 Å². The van der Waals surface area contributed by atoms with E-state index >= 15 is 0 Å². The van der Waals surface area contributed by atoms with E-state index < -0.39 is 36.8 Å². The van der Waals surface area contributed by atoms with Crippen LogP contribution in [-0.4, -0.2) is 63.4 Å². The molecule has 0 fully saturated rings. The molecule has 0 aliphatic carbocycles. The molecule has 0 saturated heterocycles. The fourth-order valence-corrected chi connectivity index (χ4v) is 3.06. The maximum absolute atomic E-state index is 12.8. The van der Waals surface area contributed by atoms with E-state index in [0.29, 0.717) is 25.8 Å². The lowest BCUT2D eigenvalue weighted by Crippen LogP contribution is -2.55. The summed E-state index contributed by atoms with van der Waals surface area (Å²) in [5, 5.41) is 27.0. The van der Waals surface area contributed by atoms with Gasteiger partial charge in [-0.2, -0.15) is 0 Å². The van der Waals surface area contributed by atoms with E-state index in [0.717, 1.165) is 5.56 Å². The summed E-state index contributed by atoms with van der Waals surface area (Å²) in [6, 6.07) is 8.45. The minimum absolute atomic E-state index is 0.0113. The first-order valence-electron chi connectivity index (χ1n) is 10.4. The highest BCUT2D eigenvalue weighted by atomic mass is 16.4. The Morgan fingerprint density at radius 2 is 1.84 bits per heavy atom. The summed E-state index contributed by atoms with van der Waals surface area (Å²) in [5.41, 5.74) is 1.08. The third-order valence-corrected chi connectivity index (χ3v) is 4.69. The molecule has 5 N–H and O–H groups in total. The zero-order valence-electron chi connectivity index (χ0n) is 17.9. The molecule has 1 heterocycles. The Labute approximate surface area is 187 Å². The van der Waals surface area contributed by atoms with Gasteiger partial charge in [0.15, 0.2) is 0 Å². The average molecular weight is 441 g/mol. The maximum atomic E-state index is 12.8. The Kier molecular flexibility index (Phi) is 10.3. The number of carbonyl (C=O) groups excluding carboxylic acids is 3. The van der Waals surface area contributed by atoms with Crippen molar-refractivity contribution in [1.29, 1.82) is 0 Å². The van der Waals surface area contributed by atoms with Crippen LogP contribution < -0.4 is 16.0 Å². The summed E-state index contributed by atoms with van der Waals surface area (Å²) in [5.74, 6) is -2.77. The fraction of sp³-hybridized carbons (Fsp3) is 0.381. The molecule has 32 heavy (non-hydrogen) atoms. The van der Waals surface area contributed by atoms with Crippen molar-refractivity contribution in [2.75, 3.05) is 6.54 Å². The highest BCUT2D eigenvalue weighted by Crippen LogP contribution is 2.08. The Hall–Kier alpha value is -3.31. The SMILES string of the molecule is CCNC(=O)CC(NC(=O)c1cnccn1)C(=O)N[C@@H](CCCc1ccccc1)B(O)O. The molecular weight excluding hydrogens is 413 g/mol. The predicted octanol–water partition coefficient (Wildman–Crippen LogP) is -0.379. The van der Waals surface area contributed by atoms with Gasteiger partial charge in [0, 0.05) is 18.9 Å². The third-order valence-electron chi connectivity index (χ3n) is 4.69. The number of benzene rings is 1. The van der Waals surface area contributed by atoms with Crippen LogP contribution in [0.4, 0.5) is 0 Å². The summed E-state index contributed by atoms with van der Waals surface area (Å²) in [7, 11) is -1.80. The smallest absolute Gasteiger partial charge is 0.426 e. The Balaban J connectivity index is 2.02. The van der Waals surface area contributed by atoms with Crippen LogP contribution in [0.25, 0.3) is 0 Å². The average Bonchev–Trinajstić information content (AvgIpc) is 2.79. The third kappa shape index (κ3) is 8.44. The van der Waals surface area contributed by atoms with Gasteiger partial charge < -0.3 is 26.0 Å². The number of rotatable bonds is 12. The zero-order valence-corrected chi connectivity index (χ0v) is 17.9. The molecule has 0 aliphatic rings. The van der Waals surface area contributed by atoms with Crippen LogP contribution in [0.15, 0.2) is 48.9 Å². The molecule has 0 saturated carbocycles. The van der Waals surface area contributed by atoms with Crippen molar-refractivity contribution >= 4 is 24.8 Å². The van der Waals surface area contributed by atoms with E-state index in [2.05, 4.69) is 25.9 Å². The van der Waals surface area contributed by atoms with Gasteiger partial charge in [0.25, 0.3) is 5.91 Å². The number of nitrogens with one attached hydrogen (secondary N) is 3. The van der Waals surface area contributed by atoms with E-state index in [1.54, 1.807) is 6.92 Å². The van der Waals surface area contributed by atoms with Crippen molar-refractivity contribution < 1.29 is 24.4 Å². The van der Waals surface area contributed by atoms with Gasteiger partial charge in [-0.25, -0.2) is 4.98 Å². The largest absolute Gasteiger partial charge is 0.475 e. The minimum Gasteiger partial charge on any atom is -0.426 e. The van der Waals surface area contributed by atoms with Gasteiger partial charge in [0.1, 0.15) is 11.7 Å². The molecule has 3 amide bonds. The molecular formula is C21H28BN5O5. The van der Waals surface area contributed by atoms with Gasteiger partial charge in [-0.1, -0.05) is 30.3 Å². The number of carbonyl (C=O) groups is 3. The first kappa shape index (κ1) is 25.0. The Morgan fingerprint density at radius 1 is 1.09 bits per heavy atom. The van der Waals surface area contributed by atoms with Crippen molar-refractivity contribution in [2.45, 2.75) is 44.6 Å². The van der Waals surface area contributed by atoms with E-state index in [4.69, 9.17) is 0 Å². The maximum Gasteiger partial charge on any atom is 0.475 e. The van der Waals surface area contributed by atoms with Crippen LogP contribution in [0.1, 0.15) is 42.2 Å². The van der Waals surface area contributed by atoms with E-state index in [9.17, 15) is 24.4 Å². The fourth-order valence-electron chi connectivity index (χ4n) is 3.06. The first-order chi connectivity index (χ1) is 15.4. The number of hydrogen-bond acceptors (Lipinski definition) is 7. The lowest BCUT2D eigenvalue weighted by Gasteiger charge is -2.23. The van der Waals surface area contributed by atoms with Crippen LogP contribution >= 0.6 is 0 Å². The summed E-state index contributed by atoms with van der Waals surface area (Å²) < 4.78 is 0. The van der Waals surface area contributed by atoms with Crippen molar-refractivity contribution in [3.8, 4) is 0 Å². The number of aromatic nitrogens is 2. The van der Waals surface area contributed by atoms with Crippen molar-refractivity contribution in [3.05, 3.63) is 60.2 Å². The highest BCUT2D eigenvalue weighted by molar-refractivity contribution is 6.43. The van der Waals surface area contributed by atoms with Crippen LogP contribution in [0.2, 0.25) is 0 Å². The summed E-state index contributed by atoms with van der Waals surface area (Å²) in [6.07, 6.45) is 5.25. The second-order valence-corrected chi connectivity index (χ2v) is 7.18. The van der Waals surface area contributed by atoms with Crippen molar-refractivity contribution in [3.63, 3.8) is 0 Å². The summed E-state index contributed by atoms with van der Waals surface area (Å²) >= 11 is 0. The number of amides is 3. The molecule has 2 atom stereocenters. The second kappa shape index (κ2) is 13.2. The minimum atomic E-state index is -1.80. The number of hydrogen-bond donors (Lipinski definition) is 5. The number of nitrogens with zero attached hydrogens (tertiary/aromatic N) is 2. The zero-order chi connectivity index (χ0) is 23.3. The van der Waals surface area contributed by atoms with E-state index in [1.165, 1.54) is 18.6 Å². The molecule has 0 spiro atoms. The standard InChI is InChI=1S/C21H28BN5O5/c1-2-24-19(28)13-16(26-21(30)17-14-23-11-12-25-17)20(29)27-18(22(31)32)10-6-9-15-7-4-3-5-8-15/h3-5,7-8,11-12,14,16,18,31-32H,2,6,9-10,13H2,1H3,(H,24,28)(H,26,30)(H,27,29)/t16?,18-/m0/s1. The van der Waals surface area contributed by atoms with Crippen molar-refractivity contribution in [1.82, 2.24) is 25.9 Å². The Bertz CT molecular complexity index is 869. The van der Waals surface area contributed by atoms with Crippen LogP contribution in [-0.2, 0) is 16.0 Å². The number of aryl methyl sites for hydroxylation is 1. The molecule has 170 valence electrons.